The maximum atomic E-state index is 12.6. The first-order chi connectivity index (χ1) is 13.6. The van der Waals surface area contributed by atoms with E-state index in [4.69, 9.17) is 0 Å². The lowest BCUT2D eigenvalue weighted by atomic mass is 10.0. The molecule has 0 aliphatic rings. The Bertz CT molecular complexity index is 1020. The highest BCUT2D eigenvalue weighted by molar-refractivity contribution is 7.89. The van der Waals surface area contributed by atoms with Crippen molar-refractivity contribution in [1.82, 2.24) is 4.31 Å². The number of nitro benzene ring substituents is 1. The molecule has 0 heterocycles. The van der Waals surface area contributed by atoms with Crippen molar-refractivity contribution in [2.24, 2.45) is 5.10 Å². The van der Waals surface area contributed by atoms with Gasteiger partial charge in [0.1, 0.15) is 5.69 Å². The summed E-state index contributed by atoms with van der Waals surface area (Å²) in [4.78, 5) is 10.8. The van der Waals surface area contributed by atoms with Crippen LogP contribution in [0.4, 0.5) is 11.4 Å². The van der Waals surface area contributed by atoms with E-state index in [1.165, 1.54) is 16.4 Å². The van der Waals surface area contributed by atoms with Gasteiger partial charge in [-0.3, -0.25) is 15.5 Å². The zero-order valence-corrected chi connectivity index (χ0v) is 18.1. The molecule has 156 valence electrons. The Morgan fingerprint density at radius 3 is 2.21 bits per heavy atom. The summed E-state index contributed by atoms with van der Waals surface area (Å²) in [6, 6.07) is 7.84. The van der Waals surface area contributed by atoms with Gasteiger partial charge in [-0.15, -0.1) is 0 Å². The molecule has 1 N–H and O–H groups in total. The largest absolute Gasteiger partial charge is 0.295 e. The van der Waals surface area contributed by atoms with E-state index in [1.807, 2.05) is 32.9 Å². The number of hydrazone groups is 1. The van der Waals surface area contributed by atoms with Crippen LogP contribution >= 0.6 is 0 Å². The van der Waals surface area contributed by atoms with Gasteiger partial charge in [-0.2, -0.15) is 9.41 Å². The minimum Gasteiger partial charge on any atom is -0.272 e. The summed E-state index contributed by atoms with van der Waals surface area (Å²) < 4.78 is 26.5. The first-order valence-corrected chi connectivity index (χ1v) is 10.7. The Kier molecular flexibility index (Phi) is 7.10. The summed E-state index contributed by atoms with van der Waals surface area (Å²) >= 11 is 0. The maximum Gasteiger partial charge on any atom is 0.295 e. The molecule has 8 nitrogen and oxygen atoms in total. The topological polar surface area (TPSA) is 105 Å². The molecule has 0 saturated carbocycles. The zero-order valence-electron chi connectivity index (χ0n) is 17.3. The number of hydrogen-bond donors (Lipinski definition) is 1. The molecular formula is C20H26N4O4S. The molecule has 0 amide bonds. The zero-order chi connectivity index (χ0) is 21.8. The fraction of sp³-hybridized carbons (Fsp3) is 0.350. The molecule has 0 fully saturated rings. The van der Waals surface area contributed by atoms with Crippen LogP contribution in [0.5, 0.6) is 0 Å². The van der Waals surface area contributed by atoms with Crippen LogP contribution in [0.1, 0.15) is 36.1 Å². The molecule has 9 heteroatoms. The third kappa shape index (κ3) is 4.99. The lowest BCUT2D eigenvalue weighted by Gasteiger charge is -2.18. The van der Waals surface area contributed by atoms with Gasteiger partial charge in [-0.1, -0.05) is 31.5 Å². The fourth-order valence-electron chi connectivity index (χ4n) is 3.19. The number of nitrogens with zero attached hydrogens (tertiary/aromatic N) is 3. The third-order valence-electron chi connectivity index (χ3n) is 4.63. The second-order valence-corrected chi connectivity index (χ2v) is 8.65. The molecule has 2 aromatic carbocycles. The van der Waals surface area contributed by atoms with Gasteiger partial charge in [0.15, 0.2) is 0 Å². The monoisotopic (exact) mass is 418 g/mol. The van der Waals surface area contributed by atoms with Gasteiger partial charge in [0.25, 0.3) is 5.69 Å². The van der Waals surface area contributed by atoms with Crippen molar-refractivity contribution in [2.75, 3.05) is 18.5 Å². The smallest absolute Gasteiger partial charge is 0.272 e. The van der Waals surface area contributed by atoms with Crippen molar-refractivity contribution in [3.63, 3.8) is 0 Å². The number of hydrogen-bond acceptors (Lipinski definition) is 6. The van der Waals surface area contributed by atoms with E-state index < -0.39 is 14.9 Å². The van der Waals surface area contributed by atoms with Crippen molar-refractivity contribution < 1.29 is 13.3 Å². The molecule has 0 unspecified atom stereocenters. The highest BCUT2D eigenvalue weighted by Gasteiger charge is 2.25. The van der Waals surface area contributed by atoms with Crippen molar-refractivity contribution in [3.05, 3.63) is 62.7 Å². The van der Waals surface area contributed by atoms with Crippen LogP contribution in [-0.2, 0) is 10.0 Å². The Hall–Kier alpha value is -2.78. The molecule has 0 atom stereocenters. The highest BCUT2D eigenvalue weighted by Crippen LogP contribution is 2.29. The van der Waals surface area contributed by atoms with Crippen LogP contribution in [0.15, 0.2) is 40.3 Å². The third-order valence-corrected chi connectivity index (χ3v) is 6.67. The predicted molar refractivity (Wildman–Crippen MR) is 115 cm³/mol. The Labute approximate surface area is 171 Å². The number of nitro groups is 1. The van der Waals surface area contributed by atoms with E-state index in [-0.39, 0.29) is 29.4 Å². The van der Waals surface area contributed by atoms with Crippen LogP contribution in [0, 0.1) is 30.9 Å². The molecule has 2 aromatic rings. The van der Waals surface area contributed by atoms with Crippen LogP contribution < -0.4 is 5.43 Å². The second-order valence-electron chi connectivity index (χ2n) is 6.71. The van der Waals surface area contributed by atoms with E-state index in [1.54, 1.807) is 20.1 Å². The first-order valence-electron chi connectivity index (χ1n) is 9.27. The minimum atomic E-state index is -3.79. The molecule has 0 aromatic heterocycles. The lowest BCUT2D eigenvalue weighted by molar-refractivity contribution is -0.384. The summed E-state index contributed by atoms with van der Waals surface area (Å²) in [5.74, 6) is 0. The number of nitrogens with one attached hydrogen (secondary N) is 1. The van der Waals surface area contributed by atoms with Crippen molar-refractivity contribution >= 4 is 27.6 Å². The van der Waals surface area contributed by atoms with Gasteiger partial charge < -0.3 is 0 Å². The normalized spacial score (nSPS) is 11.9. The second kappa shape index (κ2) is 9.15. The number of sulfonamides is 1. The van der Waals surface area contributed by atoms with E-state index in [0.29, 0.717) is 0 Å². The molecule has 29 heavy (non-hydrogen) atoms. The fourth-order valence-corrected chi connectivity index (χ4v) is 4.67. The number of rotatable bonds is 8. The number of anilines is 1. The Balaban J connectivity index is 2.37. The predicted octanol–water partition coefficient (Wildman–Crippen LogP) is 4.00. The number of aryl methyl sites for hydroxylation is 3. The molecule has 0 saturated heterocycles. The number of benzene rings is 2. The summed E-state index contributed by atoms with van der Waals surface area (Å²) in [6.45, 7) is 9.95. The lowest BCUT2D eigenvalue weighted by Crippen LogP contribution is -2.30. The van der Waals surface area contributed by atoms with Gasteiger partial charge in [-0.25, -0.2) is 8.42 Å². The molecule has 0 radical (unpaired) electrons. The summed E-state index contributed by atoms with van der Waals surface area (Å²) in [7, 11) is -3.79. The van der Waals surface area contributed by atoms with Gasteiger partial charge >= 0.3 is 0 Å². The average Bonchev–Trinajstić information content (AvgIpc) is 2.64. The van der Waals surface area contributed by atoms with Crippen molar-refractivity contribution in [2.45, 2.75) is 39.5 Å². The standard InChI is InChI=1S/C20H26N4O4S/c1-6-23(7-2)29(27,28)17-8-9-19(20(12-17)24(25)26)22-21-13-18-15(4)10-14(3)11-16(18)5/h8-13,22H,6-7H2,1-5H3. The van der Waals surface area contributed by atoms with Gasteiger partial charge in [0.2, 0.25) is 10.0 Å². The Morgan fingerprint density at radius 1 is 1.10 bits per heavy atom. The average molecular weight is 419 g/mol. The Morgan fingerprint density at radius 2 is 1.69 bits per heavy atom. The minimum absolute atomic E-state index is 0.118. The van der Waals surface area contributed by atoms with Crippen LogP contribution in [0.3, 0.4) is 0 Å². The van der Waals surface area contributed by atoms with E-state index >= 15 is 0 Å². The van der Waals surface area contributed by atoms with Gasteiger partial charge in [0.05, 0.1) is 16.0 Å². The summed E-state index contributed by atoms with van der Waals surface area (Å²) in [5.41, 5.74) is 6.59. The van der Waals surface area contributed by atoms with Crippen LogP contribution in [-0.4, -0.2) is 37.0 Å². The molecule has 0 aliphatic carbocycles. The van der Waals surface area contributed by atoms with Crippen molar-refractivity contribution in [3.8, 4) is 0 Å². The van der Waals surface area contributed by atoms with Gasteiger partial charge in [-0.05, 0) is 44.0 Å². The van der Waals surface area contributed by atoms with Crippen LogP contribution in [0.25, 0.3) is 0 Å². The highest BCUT2D eigenvalue weighted by atomic mass is 32.2. The van der Waals surface area contributed by atoms with E-state index in [2.05, 4.69) is 10.5 Å². The van der Waals surface area contributed by atoms with E-state index in [0.717, 1.165) is 28.3 Å². The molecule has 2 rings (SSSR count). The van der Waals surface area contributed by atoms with E-state index in [9.17, 15) is 18.5 Å². The van der Waals surface area contributed by atoms with Crippen molar-refractivity contribution in [1.29, 1.82) is 0 Å². The summed E-state index contributed by atoms with van der Waals surface area (Å²) in [5, 5.41) is 15.6. The maximum absolute atomic E-state index is 12.6. The molecule has 0 spiro atoms. The van der Waals surface area contributed by atoms with Gasteiger partial charge in [0, 0.05) is 24.7 Å². The molecule has 0 aliphatic heterocycles. The molecule has 0 bridgehead atoms. The first kappa shape index (κ1) is 22.5. The quantitative estimate of drug-likeness (QED) is 0.396. The molecular weight excluding hydrogens is 392 g/mol. The SMILES string of the molecule is CCN(CC)S(=O)(=O)c1ccc(NN=Cc2c(C)cc(C)cc2C)c([N+](=O)[O-])c1. The van der Waals surface area contributed by atoms with Crippen LogP contribution in [0.2, 0.25) is 0 Å². The summed E-state index contributed by atoms with van der Waals surface area (Å²) in [6.07, 6.45) is 1.61.